The largest absolute Gasteiger partial charge is 0.352 e. The predicted octanol–water partition coefficient (Wildman–Crippen LogP) is 5.16. The molecule has 156 valence electrons. The molecule has 3 aromatic rings. The molecular formula is C22H20Cl2N2O3S. The molecule has 30 heavy (non-hydrogen) atoms. The molecule has 5 nitrogen and oxygen atoms in total. The van der Waals surface area contributed by atoms with Crippen LogP contribution in [0.4, 0.5) is 5.69 Å². The first-order chi connectivity index (χ1) is 14.4. The predicted molar refractivity (Wildman–Crippen MR) is 121 cm³/mol. The second kappa shape index (κ2) is 9.98. The molecule has 1 amide bonds. The first kappa shape index (κ1) is 22.2. The van der Waals surface area contributed by atoms with Gasteiger partial charge in [-0.15, -0.1) is 0 Å². The number of nitrogens with one attached hydrogen (secondary N) is 2. The summed E-state index contributed by atoms with van der Waals surface area (Å²) < 4.78 is 27.3. The lowest BCUT2D eigenvalue weighted by molar-refractivity contribution is 0.0953. The number of anilines is 1. The minimum Gasteiger partial charge on any atom is -0.352 e. The van der Waals surface area contributed by atoms with Crippen molar-refractivity contribution in [1.29, 1.82) is 0 Å². The molecule has 3 rings (SSSR count). The van der Waals surface area contributed by atoms with E-state index in [0.29, 0.717) is 11.6 Å². The van der Waals surface area contributed by atoms with Gasteiger partial charge in [0.15, 0.2) is 0 Å². The van der Waals surface area contributed by atoms with Gasteiger partial charge in [-0.25, -0.2) is 8.42 Å². The van der Waals surface area contributed by atoms with Crippen molar-refractivity contribution >= 4 is 44.8 Å². The molecular weight excluding hydrogens is 443 g/mol. The van der Waals surface area contributed by atoms with Crippen molar-refractivity contribution in [2.45, 2.75) is 17.7 Å². The van der Waals surface area contributed by atoms with Crippen molar-refractivity contribution in [1.82, 2.24) is 5.32 Å². The van der Waals surface area contributed by atoms with Crippen LogP contribution in [0.5, 0.6) is 0 Å². The van der Waals surface area contributed by atoms with Crippen molar-refractivity contribution in [2.24, 2.45) is 0 Å². The van der Waals surface area contributed by atoms with Gasteiger partial charge in [-0.05, 0) is 54.8 Å². The van der Waals surface area contributed by atoms with Gasteiger partial charge in [-0.1, -0.05) is 59.6 Å². The van der Waals surface area contributed by atoms with Gasteiger partial charge in [-0.3, -0.25) is 9.52 Å². The van der Waals surface area contributed by atoms with E-state index in [1.807, 2.05) is 24.3 Å². The van der Waals surface area contributed by atoms with Crippen LogP contribution < -0.4 is 10.0 Å². The quantitative estimate of drug-likeness (QED) is 0.454. The van der Waals surface area contributed by atoms with Crippen LogP contribution in [0.3, 0.4) is 0 Å². The Morgan fingerprint density at radius 3 is 2.27 bits per heavy atom. The number of aryl methyl sites for hydroxylation is 1. The Bertz CT molecular complexity index is 1140. The number of hydrogen-bond donors (Lipinski definition) is 2. The fraction of sp³-hybridized carbons (Fsp3) is 0.136. The van der Waals surface area contributed by atoms with Crippen LogP contribution in [0.2, 0.25) is 10.0 Å². The lowest BCUT2D eigenvalue weighted by Crippen LogP contribution is -2.25. The van der Waals surface area contributed by atoms with Crippen LogP contribution >= 0.6 is 23.2 Å². The van der Waals surface area contributed by atoms with Crippen LogP contribution in [0.25, 0.3) is 0 Å². The summed E-state index contributed by atoms with van der Waals surface area (Å²) in [6.45, 7) is 0.461. The Kier molecular flexibility index (Phi) is 7.37. The van der Waals surface area contributed by atoms with Crippen LogP contribution in [-0.2, 0) is 16.4 Å². The molecule has 0 radical (unpaired) electrons. The molecule has 3 aromatic carbocycles. The fourth-order valence-electron chi connectivity index (χ4n) is 2.85. The van der Waals surface area contributed by atoms with Crippen LogP contribution in [0.1, 0.15) is 22.3 Å². The molecule has 8 heteroatoms. The highest BCUT2D eigenvalue weighted by molar-refractivity contribution is 7.92. The summed E-state index contributed by atoms with van der Waals surface area (Å²) in [5.41, 5.74) is 1.58. The average Bonchev–Trinajstić information content (AvgIpc) is 2.72. The van der Waals surface area contributed by atoms with Crippen molar-refractivity contribution in [3.63, 3.8) is 0 Å². The van der Waals surface area contributed by atoms with E-state index >= 15 is 0 Å². The van der Waals surface area contributed by atoms with E-state index in [2.05, 4.69) is 10.0 Å². The lowest BCUT2D eigenvalue weighted by Gasteiger charge is -2.11. The number of rotatable bonds is 8. The molecule has 0 spiro atoms. The zero-order valence-corrected chi connectivity index (χ0v) is 18.3. The topological polar surface area (TPSA) is 75.3 Å². The van der Waals surface area contributed by atoms with E-state index < -0.39 is 10.0 Å². The van der Waals surface area contributed by atoms with E-state index in [4.69, 9.17) is 23.2 Å². The summed E-state index contributed by atoms with van der Waals surface area (Å²) in [5, 5.41) is 3.69. The van der Waals surface area contributed by atoms with Gasteiger partial charge in [0.2, 0.25) is 0 Å². The van der Waals surface area contributed by atoms with Crippen LogP contribution in [0, 0.1) is 0 Å². The summed E-state index contributed by atoms with van der Waals surface area (Å²) in [4.78, 5) is 12.5. The highest BCUT2D eigenvalue weighted by atomic mass is 35.5. The number of carbonyl (C=O) groups is 1. The maximum atomic E-state index is 12.4. The summed E-state index contributed by atoms with van der Waals surface area (Å²) in [5.74, 6) is -0.323. The maximum Gasteiger partial charge on any atom is 0.261 e. The molecule has 0 aliphatic rings. The minimum atomic E-state index is -3.73. The van der Waals surface area contributed by atoms with Gasteiger partial charge in [0, 0.05) is 11.6 Å². The Balaban J connectivity index is 1.58. The fourth-order valence-corrected chi connectivity index (χ4v) is 4.42. The molecule has 0 atom stereocenters. The normalized spacial score (nSPS) is 11.1. The van der Waals surface area contributed by atoms with Gasteiger partial charge in [0.05, 0.1) is 21.2 Å². The molecule has 0 heterocycles. The molecule has 0 saturated carbocycles. The van der Waals surface area contributed by atoms with E-state index in [0.717, 1.165) is 18.4 Å². The lowest BCUT2D eigenvalue weighted by atomic mass is 10.1. The molecule has 2 N–H and O–H groups in total. The number of benzene rings is 3. The Morgan fingerprint density at radius 1 is 0.867 bits per heavy atom. The average molecular weight is 463 g/mol. The smallest absolute Gasteiger partial charge is 0.261 e. The highest BCUT2D eigenvalue weighted by Crippen LogP contribution is 2.23. The van der Waals surface area contributed by atoms with E-state index in [1.165, 1.54) is 30.3 Å². The van der Waals surface area contributed by atoms with Crippen LogP contribution in [-0.4, -0.2) is 20.9 Å². The second-order valence-corrected chi connectivity index (χ2v) is 9.06. The minimum absolute atomic E-state index is 0.140. The summed E-state index contributed by atoms with van der Waals surface area (Å²) in [6, 6.07) is 20.0. The number of hydrogen-bond acceptors (Lipinski definition) is 3. The number of sulfonamides is 1. The molecule has 0 fully saturated rings. The first-order valence-corrected chi connectivity index (χ1v) is 11.5. The zero-order chi connectivity index (χ0) is 21.6. The van der Waals surface area contributed by atoms with E-state index in [-0.39, 0.29) is 27.1 Å². The Labute approximate surface area is 186 Å². The molecule has 0 aliphatic carbocycles. The number of carbonyl (C=O) groups excluding carboxylic acids is 1. The molecule has 0 bridgehead atoms. The SMILES string of the molecule is O=C(NCCCc1ccccc1Cl)c1ccc(NS(=O)(=O)c2ccccc2)cc1Cl. The third kappa shape index (κ3) is 5.75. The van der Waals surface area contributed by atoms with Crippen molar-refractivity contribution in [3.8, 4) is 0 Å². The maximum absolute atomic E-state index is 12.4. The van der Waals surface area contributed by atoms with Gasteiger partial charge in [-0.2, -0.15) is 0 Å². The third-order valence-electron chi connectivity index (χ3n) is 4.39. The Hall–Kier alpha value is -2.54. The van der Waals surface area contributed by atoms with Crippen molar-refractivity contribution in [2.75, 3.05) is 11.3 Å². The number of amides is 1. The van der Waals surface area contributed by atoms with Crippen molar-refractivity contribution < 1.29 is 13.2 Å². The molecule has 0 aromatic heterocycles. The van der Waals surface area contributed by atoms with Gasteiger partial charge in [0.1, 0.15) is 0 Å². The van der Waals surface area contributed by atoms with Gasteiger partial charge >= 0.3 is 0 Å². The standard InChI is InChI=1S/C22H20Cl2N2O3S/c23-20-11-5-4-7-16(20)8-6-14-25-22(27)19-13-12-17(15-21(19)24)26-30(28,29)18-9-2-1-3-10-18/h1-5,7,9-13,15,26H,6,8,14H2,(H,25,27). The molecule has 0 aliphatic heterocycles. The van der Waals surface area contributed by atoms with E-state index in [1.54, 1.807) is 18.2 Å². The molecule has 0 unspecified atom stereocenters. The van der Waals surface area contributed by atoms with Gasteiger partial charge < -0.3 is 5.32 Å². The summed E-state index contributed by atoms with van der Waals surface area (Å²) in [6.07, 6.45) is 1.47. The highest BCUT2D eigenvalue weighted by Gasteiger charge is 2.16. The van der Waals surface area contributed by atoms with Crippen molar-refractivity contribution in [3.05, 3.63) is 94.0 Å². The van der Waals surface area contributed by atoms with Crippen LogP contribution in [0.15, 0.2) is 77.7 Å². The Morgan fingerprint density at radius 2 is 1.57 bits per heavy atom. The summed E-state index contributed by atoms with van der Waals surface area (Å²) >= 11 is 12.3. The zero-order valence-electron chi connectivity index (χ0n) is 15.9. The monoisotopic (exact) mass is 462 g/mol. The first-order valence-electron chi connectivity index (χ1n) is 9.26. The number of halogens is 2. The second-order valence-electron chi connectivity index (χ2n) is 6.56. The summed E-state index contributed by atoms with van der Waals surface area (Å²) in [7, 11) is -3.73. The third-order valence-corrected chi connectivity index (χ3v) is 6.46. The molecule has 0 saturated heterocycles. The van der Waals surface area contributed by atoms with Gasteiger partial charge in [0.25, 0.3) is 15.9 Å². The van der Waals surface area contributed by atoms with E-state index in [9.17, 15) is 13.2 Å².